The van der Waals surface area contributed by atoms with Crippen molar-refractivity contribution in [1.82, 2.24) is 5.32 Å². The van der Waals surface area contributed by atoms with Crippen LogP contribution in [0.15, 0.2) is 18.2 Å². The van der Waals surface area contributed by atoms with E-state index in [2.05, 4.69) is 19.2 Å². The number of rotatable bonds is 8. The van der Waals surface area contributed by atoms with E-state index in [0.717, 1.165) is 37.8 Å². The number of nitro benzene ring substituents is 1. The van der Waals surface area contributed by atoms with Gasteiger partial charge in [0, 0.05) is 18.2 Å². The van der Waals surface area contributed by atoms with Crippen LogP contribution in [-0.4, -0.2) is 17.5 Å². The highest BCUT2D eigenvalue weighted by atomic mass is 16.6. The van der Waals surface area contributed by atoms with Crippen molar-refractivity contribution in [1.29, 1.82) is 0 Å². The highest BCUT2D eigenvalue weighted by Crippen LogP contribution is 2.19. The van der Waals surface area contributed by atoms with Crippen LogP contribution in [0.4, 0.5) is 5.69 Å². The molecule has 106 valence electrons. The molecule has 0 heterocycles. The van der Waals surface area contributed by atoms with Gasteiger partial charge in [0.05, 0.1) is 4.92 Å². The van der Waals surface area contributed by atoms with Crippen LogP contribution in [0.5, 0.6) is 0 Å². The number of hydrogen-bond donors (Lipinski definition) is 1. The Morgan fingerprint density at radius 2 is 2.05 bits per heavy atom. The fourth-order valence-electron chi connectivity index (χ4n) is 2.26. The lowest BCUT2D eigenvalue weighted by atomic mass is 9.98. The Kier molecular flexibility index (Phi) is 6.50. The molecule has 4 nitrogen and oxygen atoms in total. The van der Waals surface area contributed by atoms with Gasteiger partial charge in [-0.25, -0.2) is 0 Å². The van der Waals surface area contributed by atoms with Crippen LogP contribution in [-0.2, 0) is 6.42 Å². The zero-order chi connectivity index (χ0) is 14.3. The SMILES string of the molecule is CCCNC(CCC)Cc1ccc([N+](=O)[O-])cc1C. The molecule has 1 unspecified atom stereocenters. The lowest BCUT2D eigenvalue weighted by Crippen LogP contribution is -2.31. The van der Waals surface area contributed by atoms with Gasteiger partial charge in [0.25, 0.3) is 5.69 Å². The van der Waals surface area contributed by atoms with Gasteiger partial charge in [0.2, 0.25) is 0 Å². The Balaban J connectivity index is 2.75. The van der Waals surface area contributed by atoms with Gasteiger partial charge in [-0.2, -0.15) is 0 Å². The zero-order valence-corrected chi connectivity index (χ0v) is 12.1. The van der Waals surface area contributed by atoms with Crippen molar-refractivity contribution >= 4 is 5.69 Å². The van der Waals surface area contributed by atoms with Crippen molar-refractivity contribution in [3.8, 4) is 0 Å². The number of benzene rings is 1. The molecule has 1 aromatic carbocycles. The normalized spacial score (nSPS) is 12.4. The van der Waals surface area contributed by atoms with Crippen LogP contribution in [0, 0.1) is 17.0 Å². The first-order valence-electron chi connectivity index (χ1n) is 7.05. The summed E-state index contributed by atoms with van der Waals surface area (Å²) in [5.41, 5.74) is 2.39. The van der Waals surface area contributed by atoms with Crippen LogP contribution in [0.25, 0.3) is 0 Å². The maximum atomic E-state index is 10.7. The molecular formula is C15H24N2O2. The Bertz CT molecular complexity index is 419. The van der Waals surface area contributed by atoms with Gasteiger partial charge in [-0.3, -0.25) is 10.1 Å². The van der Waals surface area contributed by atoms with E-state index in [0.29, 0.717) is 6.04 Å². The molecule has 1 aromatic rings. The Morgan fingerprint density at radius 1 is 1.32 bits per heavy atom. The highest BCUT2D eigenvalue weighted by molar-refractivity contribution is 5.39. The van der Waals surface area contributed by atoms with Gasteiger partial charge < -0.3 is 5.32 Å². The Labute approximate surface area is 115 Å². The molecule has 0 saturated heterocycles. The monoisotopic (exact) mass is 264 g/mol. The summed E-state index contributed by atoms with van der Waals surface area (Å²) in [5, 5.41) is 14.3. The van der Waals surface area contributed by atoms with Gasteiger partial charge in [-0.05, 0) is 43.9 Å². The van der Waals surface area contributed by atoms with Crippen molar-refractivity contribution in [2.75, 3.05) is 6.54 Å². The first kappa shape index (κ1) is 15.6. The molecule has 0 spiro atoms. The molecule has 1 rings (SSSR count). The van der Waals surface area contributed by atoms with E-state index in [1.54, 1.807) is 12.1 Å². The molecule has 0 bridgehead atoms. The fourth-order valence-corrected chi connectivity index (χ4v) is 2.26. The maximum Gasteiger partial charge on any atom is 0.269 e. The third-order valence-electron chi connectivity index (χ3n) is 3.32. The van der Waals surface area contributed by atoms with Crippen molar-refractivity contribution in [2.45, 2.75) is 52.5 Å². The molecule has 0 fully saturated rings. The largest absolute Gasteiger partial charge is 0.314 e. The number of aryl methyl sites for hydroxylation is 1. The number of nitro groups is 1. The van der Waals surface area contributed by atoms with E-state index in [9.17, 15) is 10.1 Å². The molecule has 1 N–H and O–H groups in total. The van der Waals surface area contributed by atoms with Gasteiger partial charge in [-0.15, -0.1) is 0 Å². The quantitative estimate of drug-likeness (QED) is 0.576. The zero-order valence-electron chi connectivity index (χ0n) is 12.1. The Morgan fingerprint density at radius 3 is 2.58 bits per heavy atom. The van der Waals surface area contributed by atoms with E-state index in [4.69, 9.17) is 0 Å². The minimum absolute atomic E-state index is 0.176. The number of nitrogens with zero attached hydrogens (tertiary/aromatic N) is 1. The first-order chi connectivity index (χ1) is 9.08. The van der Waals surface area contributed by atoms with Crippen LogP contribution < -0.4 is 5.32 Å². The second kappa shape index (κ2) is 7.89. The minimum atomic E-state index is -0.338. The molecule has 4 heteroatoms. The van der Waals surface area contributed by atoms with Gasteiger partial charge in [-0.1, -0.05) is 26.3 Å². The topological polar surface area (TPSA) is 55.2 Å². The number of hydrogen-bond acceptors (Lipinski definition) is 3. The summed E-state index contributed by atoms with van der Waals surface area (Å²) >= 11 is 0. The first-order valence-corrected chi connectivity index (χ1v) is 7.05. The molecule has 0 aromatic heterocycles. The lowest BCUT2D eigenvalue weighted by molar-refractivity contribution is -0.384. The van der Waals surface area contributed by atoms with E-state index in [1.807, 2.05) is 13.0 Å². The predicted molar refractivity (Wildman–Crippen MR) is 78.5 cm³/mol. The number of nitrogens with one attached hydrogen (secondary N) is 1. The molecule has 0 aliphatic carbocycles. The summed E-state index contributed by atoms with van der Waals surface area (Å²) < 4.78 is 0. The molecule has 19 heavy (non-hydrogen) atoms. The Hall–Kier alpha value is -1.42. The summed E-state index contributed by atoms with van der Waals surface area (Å²) in [4.78, 5) is 10.4. The van der Waals surface area contributed by atoms with E-state index < -0.39 is 0 Å². The van der Waals surface area contributed by atoms with Crippen molar-refractivity contribution < 1.29 is 4.92 Å². The third kappa shape index (κ3) is 4.99. The van der Waals surface area contributed by atoms with Gasteiger partial charge >= 0.3 is 0 Å². The van der Waals surface area contributed by atoms with Crippen LogP contribution in [0.3, 0.4) is 0 Å². The molecule has 0 saturated carbocycles. The van der Waals surface area contributed by atoms with Crippen molar-refractivity contribution in [2.24, 2.45) is 0 Å². The van der Waals surface area contributed by atoms with Crippen molar-refractivity contribution in [3.63, 3.8) is 0 Å². The van der Waals surface area contributed by atoms with Crippen LogP contribution in [0.1, 0.15) is 44.2 Å². The summed E-state index contributed by atoms with van der Waals surface area (Å²) in [6, 6.07) is 5.62. The summed E-state index contributed by atoms with van der Waals surface area (Å²) in [6.07, 6.45) is 4.35. The third-order valence-corrected chi connectivity index (χ3v) is 3.32. The van der Waals surface area contributed by atoms with Crippen LogP contribution >= 0.6 is 0 Å². The molecule has 0 radical (unpaired) electrons. The highest BCUT2D eigenvalue weighted by Gasteiger charge is 2.12. The molecule has 0 amide bonds. The average molecular weight is 264 g/mol. The second-order valence-corrected chi connectivity index (χ2v) is 5.01. The number of non-ortho nitro benzene ring substituents is 1. The molecule has 0 aliphatic heterocycles. The van der Waals surface area contributed by atoms with Crippen LogP contribution in [0.2, 0.25) is 0 Å². The predicted octanol–water partition coefficient (Wildman–Crippen LogP) is 3.61. The van der Waals surface area contributed by atoms with Crippen molar-refractivity contribution in [3.05, 3.63) is 39.4 Å². The average Bonchev–Trinajstić information content (AvgIpc) is 2.38. The summed E-state index contributed by atoms with van der Waals surface area (Å²) in [7, 11) is 0. The molecule has 1 atom stereocenters. The van der Waals surface area contributed by atoms with E-state index >= 15 is 0 Å². The van der Waals surface area contributed by atoms with Gasteiger partial charge in [0.15, 0.2) is 0 Å². The maximum absolute atomic E-state index is 10.7. The summed E-state index contributed by atoms with van der Waals surface area (Å²) in [6.45, 7) is 7.32. The minimum Gasteiger partial charge on any atom is -0.314 e. The van der Waals surface area contributed by atoms with E-state index in [1.165, 1.54) is 5.56 Å². The fraction of sp³-hybridized carbons (Fsp3) is 0.600. The standard InChI is InChI=1S/C15H24N2O2/c1-4-6-14(16-9-5-2)11-13-7-8-15(17(18)19)10-12(13)3/h7-8,10,14,16H,4-6,9,11H2,1-3H3. The molecule has 0 aliphatic rings. The van der Waals surface area contributed by atoms with E-state index in [-0.39, 0.29) is 10.6 Å². The smallest absolute Gasteiger partial charge is 0.269 e. The molecular weight excluding hydrogens is 240 g/mol. The summed E-state index contributed by atoms with van der Waals surface area (Å²) in [5.74, 6) is 0. The van der Waals surface area contributed by atoms with Gasteiger partial charge in [0.1, 0.15) is 0 Å². The lowest BCUT2D eigenvalue weighted by Gasteiger charge is -2.19. The second-order valence-electron chi connectivity index (χ2n) is 5.01.